The minimum Gasteiger partial charge on any atom is -0.390 e. The third-order valence-corrected chi connectivity index (χ3v) is 13.1. The van der Waals surface area contributed by atoms with E-state index in [0.717, 1.165) is 38.5 Å². The zero-order valence-electron chi connectivity index (χ0n) is 24.1. The molecule has 9 atom stereocenters. The van der Waals surface area contributed by atoms with E-state index in [4.69, 9.17) is 4.52 Å². The first kappa shape index (κ1) is 28.8. The molecule has 4 fully saturated rings. The van der Waals surface area contributed by atoms with Gasteiger partial charge in [-0.3, -0.25) is 4.52 Å². The van der Waals surface area contributed by atoms with Gasteiger partial charge in [-0.25, -0.2) is 4.57 Å². The van der Waals surface area contributed by atoms with E-state index in [1.807, 2.05) is 0 Å². The van der Waals surface area contributed by atoms with Crippen molar-refractivity contribution in [1.29, 1.82) is 0 Å². The molecule has 4 saturated carbocycles. The van der Waals surface area contributed by atoms with Gasteiger partial charge in [0.25, 0.3) is 0 Å². The van der Waals surface area contributed by atoms with Crippen LogP contribution in [0.4, 0.5) is 0 Å². The number of allylic oxidation sites excluding steroid dienone is 2. The Balaban J connectivity index is 1.59. The van der Waals surface area contributed by atoms with Crippen molar-refractivity contribution in [3.63, 3.8) is 0 Å². The van der Waals surface area contributed by atoms with Crippen molar-refractivity contribution in [2.24, 2.45) is 45.3 Å². The molecule has 6 heteroatoms. The minimum atomic E-state index is -4.52. The standard InChI is InChI=1S/C30H53O5P/c1-20(2)10-9-16-30(8,31)22-13-18-28(6)21(22)11-12-24-27(5)17-15-25(35-36(32,33)34)26(3,4)23(27)14-19-29(24,28)7/h10,21-25,31H,9,11-19H2,1-8H3,(H2,32,33,34)/t21?,22?,23?,24?,25?,27-,28+,29+,30?/m0/s1. The molecular weight excluding hydrogens is 471 g/mol. The first-order chi connectivity index (χ1) is 16.4. The highest BCUT2D eigenvalue weighted by atomic mass is 31.2. The van der Waals surface area contributed by atoms with Gasteiger partial charge in [-0.15, -0.1) is 0 Å². The number of phosphoric ester groups is 1. The van der Waals surface area contributed by atoms with Crippen molar-refractivity contribution >= 4 is 7.82 Å². The molecule has 4 rings (SSSR count). The van der Waals surface area contributed by atoms with Crippen molar-refractivity contribution in [2.45, 2.75) is 131 Å². The molecule has 0 saturated heterocycles. The second kappa shape index (κ2) is 9.19. The lowest BCUT2D eigenvalue weighted by atomic mass is 9.35. The zero-order valence-corrected chi connectivity index (χ0v) is 25.0. The van der Waals surface area contributed by atoms with Crippen LogP contribution < -0.4 is 0 Å². The summed E-state index contributed by atoms with van der Waals surface area (Å²) >= 11 is 0. The molecular formula is C30H53O5P. The first-order valence-corrected chi connectivity index (χ1v) is 16.0. The van der Waals surface area contributed by atoms with Crippen LogP contribution in [0.3, 0.4) is 0 Å². The Kier molecular flexibility index (Phi) is 7.35. The van der Waals surface area contributed by atoms with E-state index in [9.17, 15) is 19.5 Å². The van der Waals surface area contributed by atoms with Gasteiger partial charge in [-0.2, -0.15) is 0 Å². The Bertz CT molecular complexity index is 916. The van der Waals surface area contributed by atoms with E-state index in [1.165, 1.54) is 24.8 Å². The van der Waals surface area contributed by atoms with Gasteiger partial charge in [-0.05, 0) is 130 Å². The van der Waals surface area contributed by atoms with Crippen molar-refractivity contribution in [1.82, 2.24) is 0 Å². The third-order valence-electron chi connectivity index (χ3n) is 12.6. The van der Waals surface area contributed by atoms with Gasteiger partial charge < -0.3 is 14.9 Å². The molecule has 4 aliphatic rings. The van der Waals surface area contributed by atoms with Crippen LogP contribution in [0.25, 0.3) is 0 Å². The van der Waals surface area contributed by atoms with Gasteiger partial charge in [0.15, 0.2) is 0 Å². The molecule has 208 valence electrons. The van der Waals surface area contributed by atoms with Gasteiger partial charge in [0.05, 0.1) is 11.7 Å². The molecule has 0 radical (unpaired) electrons. The number of phosphoric acid groups is 1. The highest BCUT2D eigenvalue weighted by Gasteiger charge is 2.69. The van der Waals surface area contributed by atoms with E-state index >= 15 is 0 Å². The summed E-state index contributed by atoms with van der Waals surface area (Å²) < 4.78 is 17.1. The molecule has 0 aliphatic heterocycles. The molecule has 3 N–H and O–H groups in total. The van der Waals surface area contributed by atoms with Gasteiger partial charge in [0.2, 0.25) is 0 Å². The molecule has 0 bridgehead atoms. The van der Waals surface area contributed by atoms with Crippen LogP contribution in [0.1, 0.15) is 120 Å². The van der Waals surface area contributed by atoms with Crippen LogP contribution in [-0.2, 0) is 9.09 Å². The average Bonchev–Trinajstić information content (AvgIpc) is 3.08. The number of hydrogen-bond acceptors (Lipinski definition) is 3. The van der Waals surface area contributed by atoms with Gasteiger partial charge in [0, 0.05) is 0 Å². The maximum atomic E-state index is 11.7. The number of fused-ring (bicyclic) bond motifs is 5. The summed E-state index contributed by atoms with van der Waals surface area (Å²) in [5.41, 5.74) is 1.00. The lowest BCUT2D eigenvalue weighted by molar-refractivity contribution is -0.223. The molecule has 4 aliphatic carbocycles. The summed E-state index contributed by atoms with van der Waals surface area (Å²) in [6.07, 6.45) is 12.3. The maximum Gasteiger partial charge on any atom is 0.469 e. The molecule has 0 amide bonds. The fourth-order valence-corrected chi connectivity index (χ4v) is 11.4. The quantitative estimate of drug-likeness (QED) is 0.245. The van der Waals surface area contributed by atoms with E-state index in [1.54, 1.807) is 0 Å². The average molecular weight is 525 g/mol. The lowest BCUT2D eigenvalue weighted by Crippen LogP contribution is -2.64. The Morgan fingerprint density at radius 3 is 2.19 bits per heavy atom. The van der Waals surface area contributed by atoms with Crippen molar-refractivity contribution in [2.75, 3.05) is 0 Å². The molecule has 5 nitrogen and oxygen atoms in total. The smallest absolute Gasteiger partial charge is 0.390 e. The van der Waals surface area contributed by atoms with Crippen LogP contribution >= 0.6 is 7.82 Å². The summed E-state index contributed by atoms with van der Waals surface area (Å²) in [5, 5.41) is 11.7. The fourth-order valence-electron chi connectivity index (χ4n) is 10.7. The maximum absolute atomic E-state index is 11.7. The van der Waals surface area contributed by atoms with Gasteiger partial charge in [-0.1, -0.05) is 46.3 Å². The van der Waals surface area contributed by atoms with E-state index < -0.39 is 19.5 Å². The largest absolute Gasteiger partial charge is 0.469 e. The summed E-state index contributed by atoms with van der Waals surface area (Å²) in [7, 11) is -4.52. The van der Waals surface area contributed by atoms with Crippen LogP contribution in [-0.4, -0.2) is 26.6 Å². The second-order valence-electron chi connectivity index (χ2n) is 14.9. The molecule has 0 heterocycles. The summed E-state index contributed by atoms with van der Waals surface area (Å²) in [6, 6.07) is 0. The van der Waals surface area contributed by atoms with E-state index in [2.05, 4.69) is 61.5 Å². The van der Waals surface area contributed by atoms with E-state index in [0.29, 0.717) is 30.1 Å². The highest BCUT2D eigenvalue weighted by molar-refractivity contribution is 7.46. The molecule has 36 heavy (non-hydrogen) atoms. The van der Waals surface area contributed by atoms with Crippen molar-refractivity contribution in [3.05, 3.63) is 11.6 Å². The third kappa shape index (κ3) is 4.51. The fraction of sp³-hybridized carbons (Fsp3) is 0.933. The molecule has 6 unspecified atom stereocenters. The molecule has 0 spiro atoms. The Morgan fingerprint density at radius 2 is 1.58 bits per heavy atom. The minimum absolute atomic E-state index is 0.142. The predicted molar refractivity (Wildman–Crippen MR) is 145 cm³/mol. The second-order valence-corrected chi connectivity index (χ2v) is 16.1. The van der Waals surface area contributed by atoms with Gasteiger partial charge >= 0.3 is 7.82 Å². The number of hydrogen-bond donors (Lipinski definition) is 3. The zero-order chi connectivity index (χ0) is 26.9. The Hall–Kier alpha value is -0.190. The summed E-state index contributed by atoms with van der Waals surface area (Å²) in [4.78, 5) is 19.1. The molecule has 0 aromatic heterocycles. The highest BCUT2D eigenvalue weighted by Crippen LogP contribution is 2.76. The topological polar surface area (TPSA) is 87.0 Å². The Morgan fingerprint density at radius 1 is 0.944 bits per heavy atom. The first-order valence-electron chi connectivity index (χ1n) is 14.5. The van der Waals surface area contributed by atoms with Gasteiger partial charge in [0.1, 0.15) is 0 Å². The molecule has 0 aromatic carbocycles. The van der Waals surface area contributed by atoms with Crippen LogP contribution in [0.2, 0.25) is 0 Å². The van der Waals surface area contributed by atoms with Crippen molar-refractivity contribution in [3.8, 4) is 0 Å². The van der Waals surface area contributed by atoms with Crippen LogP contribution in [0.5, 0.6) is 0 Å². The van der Waals surface area contributed by atoms with Crippen molar-refractivity contribution < 1.29 is 24.0 Å². The molecule has 0 aromatic rings. The van der Waals surface area contributed by atoms with Crippen LogP contribution in [0, 0.1) is 45.3 Å². The number of aliphatic hydroxyl groups is 1. The Labute approximate surface area is 220 Å². The monoisotopic (exact) mass is 524 g/mol. The number of rotatable bonds is 6. The SMILES string of the molecule is CC(C)=CCCC(C)(O)C1CC[C@]2(C)C1CCC1[C@@]3(C)CCC(OP(=O)(O)O)C(C)(C)C3CC[C@]12C. The summed E-state index contributed by atoms with van der Waals surface area (Å²) in [6.45, 7) is 18.3. The predicted octanol–water partition coefficient (Wildman–Crippen LogP) is 7.65. The normalized spacial score (nSPS) is 45.7. The summed E-state index contributed by atoms with van der Waals surface area (Å²) in [5.74, 6) is 1.90. The van der Waals surface area contributed by atoms with Crippen LogP contribution in [0.15, 0.2) is 11.6 Å². The lowest BCUT2D eigenvalue weighted by Gasteiger charge is -2.70. The van der Waals surface area contributed by atoms with E-state index in [-0.39, 0.29) is 21.7 Å².